The molecule has 0 saturated heterocycles. The lowest BCUT2D eigenvalue weighted by Crippen LogP contribution is -2.15. The van der Waals surface area contributed by atoms with Gasteiger partial charge in [0.1, 0.15) is 5.56 Å². The lowest BCUT2D eigenvalue weighted by atomic mass is 10.2. The van der Waals surface area contributed by atoms with Crippen molar-refractivity contribution in [3.05, 3.63) is 47.5 Å². The van der Waals surface area contributed by atoms with Crippen LogP contribution >= 0.6 is 0 Å². The van der Waals surface area contributed by atoms with Gasteiger partial charge in [-0.25, -0.2) is 4.79 Å². The SMILES string of the molecule is CCOC(=O)c1c(NC(=O)c2cccnc2)c[nH]c1C. The summed E-state index contributed by atoms with van der Waals surface area (Å²) < 4.78 is 4.97. The predicted molar refractivity (Wildman–Crippen MR) is 73.7 cm³/mol. The molecule has 0 spiro atoms. The minimum atomic E-state index is -0.465. The number of carbonyl (C=O) groups is 2. The molecule has 104 valence electrons. The highest BCUT2D eigenvalue weighted by Gasteiger charge is 2.19. The van der Waals surface area contributed by atoms with E-state index in [2.05, 4.69) is 15.3 Å². The Morgan fingerprint density at radius 3 is 2.90 bits per heavy atom. The second kappa shape index (κ2) is 6.01. The average molecular weight is 273 g/mol. The second-order valence-corrected chi connectivity index (χ2v) is 4.12. The van der Waals surface area contributed by atoms with Crippen molar-refractivity contribution in [1.82, 2.24) is 9.97 Å². The van der Waals surface area contributed by atoms with Crippen molar-refractivity contribution in [2.75, 3.05) is 11.9 Å². The summed E-state index contributed by atoms with van der Waals surface area (Å²) in [5.41, 5.74) is 1.80. The number of nitrogens with zero attached hydrogens (tertiary/aromatic N) is 1. The van der Waals surface area contributed by atoms with Crippen LogP contribution in [0.15, 0.2) is 30.7 Å². The second-order valence-electron chi connectivity index (χ2n) is 4.12. The first kappa shape index (κ1) is 13.8. The van der Waals surface area contributed by atoms with Gasteiger partial charge in [0.05, 0.1) is 17.9 Å². The van der Waals surface area contributed by atoms with Crippen molar-refractivity contribution < 1.29 is 14.3 Å². The molecule has 2 heterocycles. The van der Waals surface area contributed by atoms with Crippen LogP contribution < -0.4 is 5.32 Å². The standard InChI is InChI=1S/C14H15N3O3/c1-3-20-14(19)12-9(2)16-8-11(12)17-13(18)10-5-4-6-15-7-10/h4-8,16H,3H2,1-2H3,(H,17,18). The Hall–Kier alpha value is -2.63. The maximum atomic E-state index is 12.0. The fourth-order valence-electron chi connectivity index (χ4n) is 1.78. The molecule has 20 heavy (non-hydrogen) atoms. The molecule has 0 aliphatic heterocycles. The van der Waals surface area contributed by atoms with Gasteiger partial charge in [0.15, 0.2) is 0 Å². The molecule has 1 amide bonds. The maximum Gasteiger partial charge on any atom is 0.342 e. The van der Waals surface area contributed by atoms with Crippen LogP contribution in [0.25, 0.3) is 0 Å². The number of anilines is 1. The molecule has 6 heteroatoms. The summed E-state index contributed by atoms with van der Waals surface area (Å²) in [6.45, 7) is 3.75. The zero-order valence-electron chi connectivity index (χ0n) is 11.3. The third-order valence-corrected chi connectivity index (χ3v) is 2.73. The van der Waals surface area contributed by atoms with Crippen LogP contribution in [-0.2, 0) is 4.74 Å². The number of H-pyrrole nitrogens is 1. The van der Waals surface area contributed by atoms with E-state index in [0.29, 0.717) is 22.5 Å². The van der Waals surface area contributed by atoms with E-state index < -0.39 is 5.97 Å². The Bertz CT molecular complexity index is 620. The molecule has 0 atom stereocenters. The van der Waals surface area contributed by atoms with E-state index in [1.54, 1.807) is 38.4 Å². The molecule has 2 aromatic heterocycles. The fraction of sp³-hybridized carbons (Fsp3) is 0.214. The molecule has 0 aliphatic rings. The molecule has 0 unspecified atom stereocenters. The number of rotatable bonds is 4. The smallest absolute Gasteiger partial charge is 0.342 e. The highest BCUT2D eigenvalue weighted by atomic mass is 16.5. The third kappa shape index (κ3) is 2.85. The van der Waals surface area contributed by atoms with Crippen LogP contribution in [0.5, 0.6) is 0 Å². The summed E-state index contributed by atoms with van der Waals surface area (Å²) in [6, 6.07) is 3.31. The minimum Gasteiger partial charge on any atom is -0.462 e. The fourth-order valence-corrected chi connectivity index (χ4v) is 1.78. The molecule has 0 bridgehead atoms. The maximum absolute atomic E-state index is 12.0. The third-order valence-electron chi connectivity index (χ3n) is 2.73. The van der Waals surface area contributed by atoms with E-state index in [4.69, 9.17) is 4.74 Å². The van der Waals surface area contributed by atoms with Crippen molar-refractivity contribution in [3.8, 4) is 0 Å². The van der Waals surface area contributed by atoms with Gasteiger partial charge in [-0.05, 0) is 26.0 Å². The lowest BCUT2D eigenvalue weighted by molar-refractivity contribution is 0.0527. The average Bonchev–Trinajstić information content (AvgIpc) is 2.81. The van der Waals surface area contributed by atoms with Gasteiger partial charge in [0.25, 0.3) is 5.91 Å². The van der Waals surface area contributed by atoms with E-state index in [9.17, 15) is 9.59 Å². The summed E-state index contributed by atoms with van der Waals surface area (Å²) in [6.07, 6.45) is 4.61. The number of hydrogen-bond donors (Lipinski definition) is 2. The van der Waals surface area contributed by atoms with Gasteiger partial charge in [-0.2, -0.15) is 0 Å². The number of aryl methyl sites for hydroxylation is 1. The van der Waals surface area contributed by atoms with Crippen LogP contribution in [0.3, 0.4) is 0 Å². The van der Waals surface area contributed by atoms with Gasteiger partial charge in [0.2, 0.25) is 0 Å². The highest BCUT2D eigenvalue weighted by Crippen LogP contribution is 2.21. The molecule has 0 aliphatic carbocycles. The van der Waals surface area contributed by atoms with Gasteiger partial charge in [-0.15, -0.1) is 0 Å². The highest BCUT2D eigenvalue weighted by molar-refractivity contribution is 6.08. The van der Waals surface area contributed by atoms with E-state index in [1.807, 2.05) is 0 Å². The summed E-state index contributed by atoms with van der Waals surface area (Å²) >= 11 is 0. The predicted octanol–water partition coefficient (Wildman–Crippen LogP) is 2.15. The van der Waals surface area contributed by atoms with E-state index >= 15 is 0 Å². The minimum absolute atomic E-state index is 0.277. The molecule has 2 N–H and O–H groups in total. The lowest BCUT2D eigenvalue weighted by Gasteiger charge is -2.07. The van der Waals surface area contributed by atoms with Crippen LogP contribution in [0.1, 0.15) is 33.3 Å². The van der Waals surface area contributed by atoms with E-state index in [-0.39, 0.29) is 12.5 Å². The number of amides is 1. The van der Waals surface area contributed by atoms with Crippen molar-refractivity contribution in [3.63, 3.8) is 0 Å². The largest absolute Gasteiger partial charge is 0.462 e. The number of aromatic amines is 1. The Labute approximate surface area is 116 Å². The van der Waals surface area contributed by atoms with Gasteiger partial charge in [0, 0.05) is 24.3 Å². The van der Waals surface area contributed by atoms with Crippen LogP contribution in [-0.4, -0.2) is 28.5 Å². The van der Waals surface area contributed by atoms with E-state index in [1.165, 1.54) is 6.20 Å². The first-order valence-corrected chi connectivity index (χ1v) is 6.20. The molecule has 0 fully saturated rings. The zero-order valence-corrected chi connectivity index (χ0v) is 11.3. The van der Waals surface area contributed by atoms with E-state index in [0.717, 1.165) is 0 Å². The van der Waals surface area contributed by atoms with Gasteiger partial charge in [-0.1, -0.05) is 0 Å². The Morgan fingerprint density at radius 1 is 1.45 bits per heavy atom. The number of nitrogens with one attached hydrogen (secondary N) is 2. The van der Waals surface area contributed by atoms with Crippen LogP contribution in [0.4, 0.5) is 5.69 Å². The number of aromatic nitrogens is 2. The van der Waals surface area contributed by atoms with Gasteiger partial charge >= 0.3 is 5.97 Å². The Kier molecular flexibility index (Phi) is 4.14. The van der Waals surface area contributed by atoms with Crippen LogP contribution in [0.2, 0.25) is 0 Å². The number of hydrogen-bond acceptors (Lipinski definition) is 4. The summed E-state index contributed by atoms with van der Waals surface area (Å²) in [5.74, 6) is -0.796. The molecule has 0 saturated carbocycles. The first-order chi connectivity index (χ1) is 9.63. The Balaban J connectivity index is 2.22. The molecule has 0 radical (unpaired) electrons. The summed E-state index contributed by atoms with van der Waals surface area (Å²) in [4.78, 5) is 30.7. The number of pyridine rings is 1. The normalized spacial score (nSPS) is 10.1. The van der Waals surface area contributed by atoms with Gasteiger partial charge < -0.3 is 15.0 Å². The summed E-state index contributed by atoms with van der Waals surface area (Å²) in [5, 5.41) is 2.68. The number of esters is 1. The molecule has 6 nitrogen and oxygen atoms in total. The van der Waals surface area contributed by atoms with Gasteiger partial charge in [-0.3, -0.25) is 9.78 Å². The molecule has 2 rings (SSSR count). The quantitative estimate of drug-likeness (QED) is 0.836. The van der Waals surface area contributed by atoms with Crippen molar-refractivity contribution in [2.45, 2.75) is 13.8 Å². The molecular weight excluding hydrogens is 258 g/mol. The van der Waals surface area contributed by atoms with Crippen LogP contribution in [0, 0.1) is 6.92 Å². The van der Waals surface area contributed by atoms with Crippen molar-refractivity contribution in [2.24, 2.45) is 0 Å². The van der Waals surface area contributed by atoms with Crippen molar-refractivity contribution in [1.29, 1.82) is 0 Å². The van der Waals surface area contributed by atoms with Crippen molar-refractivity contribution >= 4 is 17.6 Å². The molecule has 0 aromatic carbocycles. The Morgan fingerprint density at radius 2 is 2.25 bits per heavy atom. The molecular formula is C14H15N3O3. The summed E-state index contributed by atoms with van der Waals surface area (Å²) in [7, 11) is 0. The topological polar surface area (TPSA) is 84.1 Å². The first-order valence-electron chi connectivity index (χ1n) is 6.20. The number of carbonyl (C=O) groups excluding carboxylic acids is 2. The molecule has 2 aromatic rings. The zero-order chi connectivity index (χ0) is 14.5. The monoisotopic (exact) mass is 273 g/mol. The number of ether oxygens (including phenoxy) is 1.